The zero-order valence-electron chi connectivity index (χ0n) is 17.6. The average Bonchev–Trinajstić information content (AvgIpc) is 3.37. The van der Waals surface area contributed by atoms with Crippen LogP contribution in [-0.2, 0) is 4.74 Å². The van der Waals surface area contributed by atoms with Crippen LogP contribution in [0.15, 0.2) is 35.3 Å². The van der Waals surface area contributed by atoms with Crippen LogP contribution in [0.2, 0.25) is 0 Å². The summed E-state index contributed by atoms with van der Waals surface area (Å²) in [5.74, 6) is 0.928. The molecule has 29 heavy (non-hydrogen) atoms. The second-order valence-corrected chi connectivity index (χ2v) is 8.23. The Balaban J connectivity index is 0.00000240. The maximum Gasteiger partial charge on any atom is 0.191 e. The van der Waals surface area contributed by atoms with Crippen LogP contribution in [0.25, 0.3) is 0 Å². The molecule has 4 rings (SSSR count). The van der Waals surface area contributed by atoms with E-state index in [0.717, 1.165) is 45.1 Å². The number of ether oxygens (including phenoxy) is 1. The SMILES string of the molecule is CN=C(NCCCCN1CCN(c2ccccc2)CC1)NC1CC2CCC1O2.I. The van der Waals surface area contributed by atoms with E-state index in [2.05, 4.69) is 55.8 Å². The van der Waals surface area contributed by atoms with Crippen molar-refractivity contribution >= 4 is 35.6 Å². The van der Waals surface area contributed by atoms with Gasteiger partial charge in [0.05, 0.1) is 18.2 Å². The van der Waals surface area contributed by atoms with Crippen LogP contribution in [0.4, 0.5) is 5.69 Å². The second-order valence-electron chi connectivity index (χ2n) is 8.23. The number of rotatable bonds is 7. The van der Waals surface area contributed by atoms with E-state index in [9.17, 15) is 0 Å². The Labute approximate surface area is 192 Å². The van der Waals surface area contributed by atoms with Crippen molar-refractivity contribution in [1.29, 1.82) is 0 Å². The lowest BCUT2D eigenvalue weighted by molar-refractivity contribution is 0.0992. The lowest BCUT2D eigenvalue weighted by Gasteiger charge is -2.36. The third-order valence-corrected chi connectivity index (χ3v) is 6.34. The van der Waals surface area contributed by atoms with Gasteiger partial charge in [-0.1, -0.05) is 18.2 Å². The third kappa shape index (κ3) is 6.21. The van der Waals surface area contributed by atoms with Crippen LogP contribution in [0, 0.1) is 0 Å². The van der Waals surface area contributed by atoms with E-state index in [4.69, 9.17) is 4.74 Å². The Bertz CT molecular complexity index is 635. The van der Waals surface area contributed by atoms with Crippen molar-refractivity contribution in [3.05, 3.63) is 30.3 Å². The van der Waals surface area contributed by atoms with Gasteiger partial charge in [-0.05, 0) is 50.8 Å². The smallest absolute Gasteiger partial charge is 0.191 e. The lowest BCUT2D eigenvalue weighted by atomic mass is 9.96. The summed E-state index contributed by atoms with van der Waals surface area (Å²) < 4.78 is 5.92. The molecule has 162 valence electrons. The maximum atomic E-state index is 5.92. The molecule has 3 aliphatic heterocycles. The summed E-state index contributed by atoms with van der Waals surface area (Å²) in [4.78, 5) is 9.47. The molecular weight excluding hydrogens is 477 g/mol. The van der Waals surface area contributed by atoms with E-state index in [1.54, 1.807) is 0 Å². The topological polar surface area (TPSA) is 52.1 Å². The number of aliphatic imine (C=N–C) groups is 1. The van der Waals surface area contributed by atoms with E-state index >= 15 is 0 Å². The number of anilines is 1. The number of guanidine groups is 1. The Kier molecular flexibility index (Phi) is 8.86. The summed E-state index contributed by atoms with van der Waals surface area (Å²) in [5, 5.41) is 7.03. The number of benzene rings is 1. The van der Waals surface area contributed by atoms with Crippen molar-refractivity contribution in [3.8, 4) is 0 Å². The fourth-order valence-electron chi connectivity index (χ4n) is 4.70. The predicted molar refractivity (Wildman–Crippen MR) is 131 cm³/mol. The molecule has 0 aliphatic carbocycles. The molecule has 2 N–H and O–H groups in total. The first-order valence-corrected chi connectivity index (χ1v) is 11.0. The number of nitrogens with zero attached hydrogens (tertiary/aromatic N) is 3. The van der Waals surface area contributed by atoms with E-state index in [1.807, 2.05) is 7.05 Å². The van der Waals surface area contributed by atoms with Crippen molar-refractivity contribution in [2.75, 3.05) is 51.2 Å². The first-order valence-electron chi connectivity index (χ1n) is 11.0. The molecule has 6 nitrogen and oxygen atoms in total. The number of para-hydroxylation sites is 1. The molecule has 0 amide bonds. The van der Waals surface area contributed by atoms with E-state index in [0.29, 0.717) is 18.2 Å². The molecule has 3 aliphatic rings. The molecule has 3 heterocycles. The fraction of sp³-hybridized carbons (Fsp3) is 0.682. The number of hydrogen-bond donors (Lipinski definition) is 2. The molecule has 0 saturated carbocycles. The first-order chi connectivity index (χ1) is 13.8. The van der Waals surface area contributed by atoms with Gasteiger partial charge < -0.3 is 20.3 Å². The maximum absolute atomic E-state index is 5.92. The first kappa shape index (κ1) is 22.6. The van der Waals surface area contributed by atoms with Crippen molar-refractivity contribution in [1.82, 2.24) is 15.5 Å². The summed E-state index contributed by atoms with van der Waals surface area (Å²) in [6.45, 7) is 6.75. The third-order valence-electron chi connectivity index (χ3n) is 6.34. The Hall–Kier alpha value is -1.06. The van der Waals surface area contributed by atoms with Crippen molar-refractivity contribution < 1.29 is 4.74 Å². The molecule has 0 aromatic heterocycles. The fourth-order valence-corrected chi connectivity index (χ4v) is 4.70. The van der Waals surface area contributed by atoms with Gasteiger partial charge in [-0.3, -0.25) is 9.89 Å². The van der Waals surface area contributed by atoms with Gasteiger partial charge in [0.15, 0.2) is 5.96 Å². The largest absolute Gasteiger partial charge is 0.373 e. The van der Waals surface area contributed by atoms with E-state index in [1.165, 1.54) is 37.9 Å². The zero-order valence-corrected chi connectivity index (χ0v) is 19.9. The minimum absolute atomic E-state index is 0. The monoisotopic (exact) mass is 513 g/mol. The molecule has 2 bridgehead atoms. The molecule has 3 atom stereocenters. The van der Waals surface area contributed by atoms with Gasteiger partial charge in [-0.2, -0.15) is 0 Å². The minimum Gasteiger partial charge on any atom is -0.373 e. The molecule has 0 radical (unpaired) electrons. The Morgan fingerprint density at radius 1 is 1.10 bits per heavy atom. The second kappa shape index (κ2) is 11.4. The zero-order chi connectivity index (χ0) is 19.2. The van der Waals surface area contributed by atoms with Gasteiger partial charge in [0.1, 0.15) is 0 Å². The molecule has 1 aromatic carbocycles. The van der Waals surface area contributed by atoms with Gasteiger partial charge in [0, 0.05) is 45.5 Å². The normalized spacial score (nSPS) is 27.0. The molecule has 3 unspecified atom stereocenters. The molecule has 3 saturated heterocycles. The number of hydrogen-bond acceptors (Lipinski definition) is 4. The molecule has 1 aromatic rings. The van der Waals surface area contributed by atoms with Gasteiger partial charge in [0.2, 0.25) is 0 Å². The van der Waals surface area contributed by atoms with E-state index < -0.39 is 0 Å². The average molecular weight is 513 g/mol. The van der Waals surface area contributed by atoms with Crippen LogP contribution in [0.5, 0.6) is 0 Å². The van der Waals surface area contributed by atoms with Crippen molar-refractivity contribution in [2.45, 2.75) is 50.4 Å². The molecule has 0 spiro atoms. The van der Waals surface area contributed by atoms with Gasteiger partial charge in [-0.25, -0.2) is 0 Å². The summed E-state index contributed by atoms with van der Waals surface area (Å²) in [6.07, 6.45) is 6.81. The highest BCUT2D eigenvalue weighted by atomic mass is 127. The highest BCUT2D eigenvalue weighted by Gasteiger charge is 2.41. The lowest BCUT2D eigenvalue weighted by Crippen LogP contribution is -2.48. The highest BCUT2D eigenvalue weighted by molar-refractivity contribution is 14.0. The minimum atomic E-state index is 0. The Morgan fingerprint density at radius 2 is 1.90 bits per heavy atom. The van der Waals surface area contributed by atoms with Crippen LogP contribution in [-0.4, -0.2) is 75.4 Å². The van der Waals surface area contributed by atoms with Gasteiger partial charge in [-0.15, -0.1) is 24.0 Å². The number of nitrogens with one attached hydrogen (secondary N) is 2. The van der Waals surface area contributed by atoms with Crippen molar-refractivity contribution in [3.63, 3.8) is 0 Å². The summed E-state index contributed by atoms with van der Waals surface area (Å²) in [5.41, 5.74) is 1.35. The summed E-state index contributed by atoms with van der Waals surface area (Å²) >= 11 is 0. The summed E-state index contributed by atoms with van der Waals surface area (Å²) in [6, 6.07) is 11.2. The van der Waals surface area contributed by atoms with Crippen LogP contribution in [0.1, 0.15) is 32.1 Å². The van der Waals surface area contributed by atoms with Crippen LogP contribution < -0.4 is 15.5 Å². The van der Waals surface area contributed by atoms with Crippen LogP contribution in [0.3, 0.4) is 0 Å². The summed E-state index contributed by atoms with van der Waals surface area (Å²) in [7, 11) is 1.86. The predicted octanol–water partition coefficient (Wildman–Crippen LogP) is 2.69. The number of unbranched alkanes of at least 4 members (excludes halogenated alkanes) is 1. The highest BCUT2D eigenvalue weighted by Crippen LogP contribution is 2.34. The van der Waals surface area contributed by atoms with Gasteiger partial charge in [0.25, 0.3) is 0 Å². The number of piperazine rings is 1. The quantitative estimate of drug-likeness (QED) is 0.254. The van der Waals surface area contributed by atoms with Crippen molar-refractivity contribution in [2.24, 2.45) is 4.99 Å². The molecule has 3 fully saturated rings. The number of fused-ring (bicyclic) bond motifs is 2. The van der Waals surface area contributed by atoms with Crippen LogP contribution >= 0.6 is 24.0 Å². The molecular formula is C22H36IN5O. The standard InChI is InChI=1S/C22H35N5O.HI/c1-23-22(25-20-17-19-9-10-21(20)28-19)24-11-5-6-12-26-13-15-27(16-14-26)18-7-3-2-4-8-18;/h2-4,7-8,19-21H,5-6,9-17H2,1H3,(H2,23,24,25);1H. The van der Waals surface area contributed by atoms with Gasteiger partial charge >= 0.3 is 0 Å². The number of halogens is 1. The molecule has 7 heteroatoms. The van der Waals surface area contributed by atoms with E-state index in [-0.39, 0.29) is 24.0 Å². The Morgan fingerprint density at radius 3 is 2.55 bits per heavy atom.